The second-order valence-corrected chi connectivity index (χ2v) is 8.56. The van der Waals surface area contributed by atoms with Gasteiger partial charge in [-0.05, 0) is 30.5 Å². The van der Waals surface area contributed by atoms with Gasteiger partial charge >= 0.3 is 0 Å². The van der Waals surface area contributed by atoms with Crippen molar-refractivity contribution in [2.45, 2.75) is 57.5 Å². The van der Waals surface area contributed by atoms with Crippen molar-refractivity contribution in [2.75, 3.05) is 0 Å². The summed E-state index contributed by atoms with van der Waals surface area (Å²) in [6.45, 7) is 8.92. The molecule has 6 nitrogen and oxygen atoms in total. The number of hydrogen-bond donors (Lipinski definition) is 0. The predicted octanol–water partition coefficient (Wildman–Crippen LogP) is 4.89. The number of hydrogen-bond acceptors (Lipinski definition) is 6. The molecule has 0 aliphatic rings. The molecule has 2 aromatic heterocycles. The lowest BCUT2D eigenvalue weighted by atomic mass is 10.1. The minimum absolute atomic E-state index is 0.0479. The highest BCUT2D eigenvalue weighted by atomic mass is 35.5. The van der Waals surface area contributed by atoms with Crippen LogP contribution < -0.4 is 5.56 Å². The van der Waals surface area contributed by atoms with Crippen molar-refractivity contribution in [3.05, 3.63) is 45.3 Å². The molecule has 3 rings (SSSR count). The second-order valence-electron chi connectivity index (χ2n) is 7.18. The average molecular weight is 407 g/mol. The summed E-state index contributed by atoms with van der Waals surface area (Å²) in [6.07, 6.45) is 0.895. The lowest BCUT2D eigenvalue weighted by molar-refractivity contribution is 0.382. The quantitative estimate of drug-likeness (QED) is 0.410. The molecule has 0 saturated carbocycles. The summed E-state index contributed by atoms with van der Waals surface area (Å²) in [4.78, 5) is 22.1. The Morgan fingerprint density at radius 2 is 2.00 bits per heavy atom. The van der Waals surface area contributed by atoms with Gasteiger partial charge in [0, 0.05) is 17.5 Å². The maximum absolute atomic E-state index is 13.0. The third-order valence-corrected chi connectivity index (χ3v) is 5.33. The van der Waals surface area contributed by atoms with Crippen molar-refractivity contribution >= 4 is 34.3 Å². The van der Waals surface area contributed by atoms with Crippen molar-refractivity contribution < 1.29 is 4.52 Å². The first kappa shape index (κ1) is 19.9. The van der Waals surface area contributed by atoms with Crippen molar-refractivity contribution in [1.29, 1.82) is 0 Å². The molecule has 0 aliphatic carbocycles. The normalized spacial score (nSPS) is 11.8. The molecular weight excluding hydrogens is 384 g/mol. The van der Waals surface area contributed by atoms with E-state index in [9.17, 15) is 4.79 Å². The van der Waals surface area contributed by atoms with Crippen LogP contribution in [0.2, 0.25) is 5.02 Å². The highest BCUT2D eigenvalue weighted by molar-refractivity contribution is 7.98. The molecule has 0 N–H and O–H groups in total. The molecule has 2 heterocycles. The van der Waals surface area contributed by atoms with Crippen LogP contribution >= 0.6 is 23.4 Å². The van der Waals surface area contributed by atoms with Gasteiger partial charge in [-0.1, -0.05) is 56.2 Å². The molecule has 0 bridgehead atoms. The molecule has 27 heavy (non-hydrogen) atoms. The van der Waals surface area contributed by atoms with Gasteiger partial charge in [0.15, 0.2) is 11.0 Å². The van der Waals surface area contributed by atoms with E-state index in [0.717, 1.165) is 6.42 Å². The standard InChI is InChI=1S/C19H23ClN4O2S/c1-11(2)7-8-24-18(25)14-6-5-13(20)9-15(14)21-19(24)27-10-16-22-17(12(3)4)23-26-16/h5-6,9,11-12H,7-8,10H2,1-4H3. The van der Waals surface area contributed by atoms with Crippen LogP contribution in [0.25, 0.3) is 10.9 Å². The van der Waals surface area contributed by atoms with Crippen molar-refractivity contribution in [2.24, 2.45) is 5.92 Å². The van der Waals surface area contributed by atoms with Gasteiger partial charge in [-0.2, -0.15) is 4.98 Å². The van der Waals surface area contributed by atoms with E-state index in [2.05, 4.69) is 29.0 Å². The van der Waals surface area contributed by atoms with Gasteiger partial charge in [0.25, 0.3) is 5.56 Å². The molecular formula is C19H23ClN4O2S. The Morgan fingerprint density at radius 1 is 1.22 bits per heavy atom. The molecule has 0 atom stereocenters. The minimum atomic E-state index is -0.0479. The fraction of sp³-hybridized carbons (Fsp3) is 0.474. The van der Waals surface area contributed by atoms with Crippen LogP contribution in [0.3, 0.4) is 0 Å². The van der Waals surface area contributed by atoms with Gasteiger partial charge in [-0.25, -0.2) is 4.98 Å². The monoisotopic (exact) mass is 406 g/mol. The third kappa shape index (κ3) is 4.71. The van der Waals surface area contributed by atoms with E-state index >= 15 is 0 Å². The topological polar surface area (TPSA) is 73.8 Å². The Labute approximate surface area is 167 Å². The largest absolute Gasteiger partial charge is 0.338 e. The Hall–Kier alpha value is -1.86. The molecule has 0 amide bonds. The first-order valence-electron chi connectivity index (χ1n) is 9.00. The summed E-state index contributed by atoms with van der Waals surface area (Å²) in [6, 6.07) is 5.18. The van der Waals surface area contributed by atoms with Crippen LogP contribution in [0, 0.1) is 5.92 Å². The number of thioether (sulfide) groups is 1. The van der Waals surface area contributed by atoms with Crippen LogP contribution in [0.15, 0.2) is 32.7 Å². The molecule has 1 aromatic carbocycles. The number of aromatic nitrogens is 4. The summed E-state index contributed by atoms with van der Waals surface area (Å²) in [5, 5.41) is 5.76. The van der Waals surface area contributed by atoms with Gasteiger partial charge in [0.1, 0.15) is 0 Å². The van der Waals surface area contributed by atoms with E-state index in [1.165, 1.54) is 11.8 Å². The van der Waals surface area contributed by atoms with Crippen LogP contribution in [0.1, 0.15) is 51.7 Å². The van der Waals surface area contributed by atoms with Gasteiger partial charge in [0.05, 0.1) is 16.7 Å². The molecule has 144 valence electrons. The average Bonchev–Trinajstić information content (AvgIpc) is 3.08. The number of rotatable bonds is 7. The fourth-order valence-corrected chi connectivity index (χ4v) is 3.59. The highest BCUT2D eigenvalue weighted by Gasteiger charge is 2.15. The van der Waals surface area contributed by atoms with Gasteiger partial charge in [-0.15, -0.1) is 0 Å². The minimum Gasteiger partial charge on any atom is -0.338 e. The van der Waals surface area contributed by atoms with E-state index in [1.807, 2.05) is 13.8 Å². The van der Waals surface area contributed by atoms with Gasteiger partial charge < -0.3 is 4.52 Å². The maximum atomic E-state index is 13.0. The summed E-state index contributed by atoms with van der Waals surface area (Å²) >= 11 is 7.51. The Balaban J connectivity index is 1.94. The van der Waals surface area contributed by atoms with E-state index in [1.54, 1.807) is 22.8 Å². The molecule has 0 saturated heterocycles. The predicted molar refractivity (Wildman–Crippen MR) is 108 cm³/mol. The van der Waals surface area contributed by atoms with E-state index in [-0.39, 0.29) is 11.5 Å². The second kappa shape index (κ2) is 8.44. The fourth-order valence-electron chi connectivity index (χ4n) is 2.56. The van der Waals surface area contributed by atoms with E-state index < -0.39 is 0 Å². The van der Waals surface area contributed by atoms with E-state index in [4.69, 9.17) is 16.1 Å². The van der Waals surface area contributed by atoms with Crippen molar-refractivity contribution in [3.8, 4) is 0 Å². The Morgan fingerprint density at radius 3 is 2.67 bits per heavy atom. The van der Waals surface area contributed by atoms with Crippen LogP contribution in [0.5, 0.6) is 0 Å². The summed E-state index contributed by atoms with van der Waals surface area (Å²) in [5.41, 5.74) is 0.553. The van der Waals surface area contributed by atoms with Crippen LogP contribution in [-0.4, -0.2) is 19.7 Å². The number of fused-ring (bicyclic) bond motifs is 1. The van der Waals surface area contributed by atoms with E-state index in [0.29, 0.717) is 51.0 Å². The highest BCUT2D eigenvalue weighted by Crippen LogP contribution is 2.24. The van der Waals surface area contributed by atoms with Crippen molar-refractivity contribution in [3.63, 3.8) is 0 Å². The zero-order valence-corrected chi connectivity index (χ0v) is 17.5. The van der Waals surface area contributed by atoms with Crippen LogP contribution in [0.4, 0.5) is 0 Å². The van der Waals surface area contributed by atoms with Crippen LogP contribution in [-0.2, 0) is 12.3 Å². The third-order valence-electron chi connectivity index (χ3n) is 4.14. The number of nitrogens with zero attached hydrogens (tertiary/aromatic N) is 4. The summed E-state index contributed by atoms with van der Waals surface area (Å²) in [5.74, 6) is 2.36. The van der Waals surface area contributed by atoms with Gasteiger partial charge in [0.2, 0.25) is 5.89 Å². The summed E-state index contributed by atoms with van der Waals surface area (Å²) in [7, 11) is 0. The molecule has 0 spiro atoms. The SMILES string of the molecule is CC(C)CCn1c(SCc2nc(C(C)C)no2)nc2cc(Cl)ccc2c1=O. The molecule has 0 aliphatic heterocycles. The van der Waals surface area contributed by atoms with Gasteiger partial charge in [-0.3, -0.25) is 9.36 Å². The molecule has 0 radical (unpaired) electrons. The molecule has 8 heteroatoms. The first-order chi connectivity index (χ1) is 12.8. The lowest BCUT2D eigenvalue weighted by Crippen LogP contribution is -2.24. The number of benzene rings is 1. The maximum Gasteiger partial charge on any atom is 0.262 e. The molecule has 3 aromatic rings. The molecule has 0 fully saturated rings. The van der Waals surface area contributed by atoms with Crippen molar-refractivity contribution in [1.82, 2.24) is 19.7 Å². The first-order valence-corrected chi connectivity index (χ1v) is 10.4. The number of halogens is 1. The molecule has 0 unspecified atom stereocenters. The zero-order chi connectivity index (χ0) is 19.6. The smallest absolute Gasteiger partial charge is 0.262 e. The Kier molecular flexibility index (Phi) is 6.22. The zero-order valence-electron chi connectivity index (χ0n) is 15.9. The summed E-state index contributed by atoms with van der Waals surface area (Å²) < 4.78 is 7.04. The lowest BCUT2D eigenvalue weighted by Gasteiger charge is -2.13. The Bertz CT molecular complexity index is 997.